The van der Waals surface area contributed by atoms with Crippen LogP contribution in [0.15, 0.2) is 12.5 Å². The van der Waals surface area contributed by atoms with Gasteiger partial charge in [0.2, 0.25) is 0 Å². The molecule has 0 amide bonds. The molecule has 0 radical (unpaired) electrons. The van der Waals surface area contributed by atoms with Crippen molar-refractivity contribution in [3.05, 3.63) is 12.5 Å². The van der Waals surface area contributed by atoms with Crippen molar-refractivity contribution in [2.45, 2.75) is 19.8 Å². The largest absolute Gasteiger partial charge is 0.394 e. The van der Waals surface area contributed by atoms with Gasteiger partial charge >= 0.3 is 0 Å². The van der Waals surface area contributed by atoms with Crippen LogP contribution in [0.25, 0.3) is 0 Å². The molecular weight excluding hydrogens is 214 g/mol. The van der Waals surface area contributed by atoms with Gasteiger partial charge in [0.15, 0.2) is 5.82 Å². The highest BCUT2D eigenvalue weighted by Crippen LogP contribution is 2.19. The fourth-order valence-corrected chi connectivity index (χ4v) is 2.24. The van der Waals surface area contributed by atoms with Crippen molar-refractivity contribution in [3.63, 3.8) is 0 Å². The SMILES string of the molecule is CCN1CCC(CNc2ncncc2N)CC1. The van der Waals surface area contributed by atoms with E-state index in [4.69, 9.17) is 5.73 Å². The second-order valence-electron chi connectivity index (χ2n) is 4.59. The molecule has 1 aliphatic heterocycles. The van der Waals surface area contributed by atoms with Crippen LogP contribution < -0.4 is 11.1 Å². The summed E-state index contributed by atoms with van der Waals surface area (Å²) in [5, 5.41) is 3.32. The molecule has 2 heterocycles. The molecule has 1 aliphatic rings. The molecule has 5 nitrogen and oxygen atoms in total. The third-order valence-electron chi connectivity index (χ3n) is 3.45. The summed E-state index contributed by atoms with van der Waals surface area (Å²) < 4.78 is 0. The highest BCUT2D eigenvalue weighted by atomic mass is 15.1. The molecule has 1 aromatic rings. The van der Waals surface area contributed by atoms with Crippen LogP contribution in [0.1, 0.15) is 19.8 Å². The van der Waals surface area contributed by atoms with Crippen LogP contribution in [-0.2, 0) is 0 Å². The van der Waals surface area contributed by atoms with E-state index in [9.17, 15) is 0 Å². The molecule has 0 aromatic carbocycles. The number of aromatic nitrogens is 2. The number of nitrogens with two attached hydrogens (primary N) is 1. The number of hydrogen-bond acceptors (Lipinski definition) is 5. The molecule has 94 valence electrons. The Hall–Kier alpha value is -1.36. The highest BCUT2D eigenvalue weighted by molar-refractivity contribution is 5.58. The number of nitrogens with one attached hydrogen (secondary N) is 1. The van der Waals surface area contributed by atoms with Crippen molar-refractivity contribution in [2.24, 2.45) is 5.92 Å². The van der Waals surface area contributed by atoms with Crippen LogP contribution in [0, 0.1) is 5.92 Å². The first-order chi connectivity index (χ1) is 8.29. The van der Waals surface area contributed by atoms with Crippen LogP contribution >= 0.6 is 0 Å². The van der Waals surface area contributed by atoms with E-state index in [0.717, 1.165) is 18.3 Å². The Balaban J connectivity index is 1.78. The number of anilines is 2. The minimum absolute atomic E-state index is 0.624. The van der Waals surface area contributed by atoms with Gasteiger partial charge in [0.25, 0.3) is 0 Å². The Kier molecular flexibility index (Phi) is 4.14. The predicted octanol–water partition coefficient (Wildman–Crippen LogP) is 1.20. The summed E-state index contributed by atoms with van der Waals surface area (Å²) in [4.78, 5) is 10.5. The van der Waals surface area contributed by atoms with Crippen molar-refractivity contribution in [2.75, 3.05) is 37.2 Å². The van der Waals surface area contributed by atoms with Crippen LogP contribution in [0.5, 0.6) is 0 Å². The van der Waals surface area contributed by atoms with E-state index in [1.165, 1.54) is 38.8 Å². The molecule has 1 aromatic heterocycles. The summed E-state index contributed by atoms with van der Waals surface area (Å²) in [6.07, 6.45) is 5.67. The van der Waals surface area contributed by atoms with E-state index in [0.29, 0.717) is 5.69 Å². The lowest BCUT2D eigenvalue weighted by molar-refractivity contribution is 0.198. The summed E-state index contributed by atoms with van der Waals surface area (Å²) in [6, 6.07) is 0. The van der Waals surface area contributed by atoms with E-state index >= 15 is 0 Å². The quantitative estimate of drug-likeness (QED) is 0.821. The Morgan fingerprint density at radius 3 is 2.88 bits per heavy atom. The molecule has 0 atom stereocenters. The number of hydrogen-bond donors (Lipinski definition) is 2. The van der Waals surface area contributed by atoms with Gasteiger partial charge in [-0.1, -0.05) is 6.92 Å². The van der Waals surface area contributed by atoms with Gasteiger partial charge in [-0.25, -0.2) is 9.97 Å². The summed E-state index contributed by atoms with van der Waals surface area (Å²) in [5.74, 6) is 1.49. The standard InChI is InChI=1S/C12H21N5/c1-2-17-5-3-10(4-6-17)7-15-12-11(13)8-14-9-16-12/h8-10H,2-7,13H2,1H3,(H,14,15,16). The van der Waals surface area contributed by atoms with Gasteiger partial charge in [-0.05, 0) is 38.4 Å². The monoisotopic (exact) mass is 235 g/mol. The first-order valence-corrected chi connectivity index (χ1v) is 6.31. The first-order valence-electron chi connectivity index (χ1n) is 6.31. The number of nitrogen functional groups attached to an aromatic ring is 1. The van der Waals surface area contributed by atoms with E-state index < -0.39 is 0 Å². The third kappa shape index (κ3) is 3.30. The van der Waals surface area contributed by atoms with Gasteiger partial charge in [0.1, 0.15) is 6.33 Å². The van der Waals surface area contributed by atoms with Gasteiger partial charge < -0.3 is 16.0 Å². The van der Waals surface area contributed by atoms with E-state index in [1.54, 1.807) is 6.20 Å². The first kappa shape index (κ1) is 12.1. The number of nitrogens with zero attached hydrogens (tertiary/aromatic N) is 3. The summed E-state index contributed by atoms with van der Waals surface area (Å²) in [6.45, 7) is 6.77. The number of piperidine rings is 1. The molecule has 5 heteroatoms. The van der Waals surface area contributed by atoms with Gasteiger partial charge in [-0.3, -0.25) is 0 Å². The zero-order valence-corrected chi connectivity index (χ0v) is 10.4. The maximum absolute atomic E-state index is 5.78. The lowest BCUT2D eigenvalue weighted by Crippen LogP contribution is -2.35. The van der Waals surface area contributed by atoms with Gasteiger partial charge in [-0.15, -0.1) is 0 Å². The molecular formula is C12H21N5. The van der Waals surface area contributed by atoms with E-state index in [-0.39, 0.29) is 0 Å². The van der Waals surface area contributed by atoms with Crippen molar-refractivity contribution < 1.29 is 0 Å². The maximum Gasteiger partial charge on any atom is 0.152 e. The highest BCUT2D eigenvalue weighted by Gasteiger charge is 2.17. The van der Waals surface area contributed by atoms with Gasteiger partial charge in [0.05, 0.1) is 11.9 Å². The van der Waals surface area contributed by atoms with Crippen LogP contribution in [0.2, 0.25) is 0 Å². The van der Waals surface area contributed by atoms with Crippen LogP contribution in [0.4, 0.5) is 11.5 Å². The lowest BCUT2D eigenvalue weighted by Gasteiger charge is -2.31. The van der Waals surface area contributed by atoms with Crippen molar-refractivity contribution >= 4 is 11.5 Å². The summed E-state index contributed by atoms with van der Waals surface area (Å²) in [7, 11) is 0. The molecule has 2 rings (SSSR count). The molecule has 1 saturated heterocycles. The normalized spacial score (nSPS) is 18.2. The molecule has 0 unspecified atom stereocenters. The van der Waals surface area contributed by atoms with Crippen molar-refractivity contribution in [3.8, 4) is 0 Å². The topological polar surface area (TPSA) is 67.1 Å². The molecule has 0 saturated carbocycles. The molecule has 0 spiro atoms. The average Bonchev–Trinajstić information content (AvgIpc) is 2.38. The third-order valence-corrected chi connectivity index (χ3v) is 3.45. The number of likely N-dealkylation sites (tertiary alicyclic amines) is 1. The Morgan fingerprint density at radius 1 is 1.47 bits per heavy atom. The number of rotatable bonds is 4. The fraction of sp³-hybridized carbons (Fsp3) is 0.667. The molecule has 0 aliphatic carbocycles. The van der Waals surface area contributed by atoms with E-state index in [1.807, 2.05) is 0 Å². The Labute approximate surface area is 102 Å². The average molecular weight is 235 g/mol. The smallest absolute Gasteiger partial charge is 0.152 e. The van der Waals surface area contributed by atoms with Crippen molar-refractivity contribution in [1.82, 2.24) is 14.9 Å². The second kappa shape index (κ2) is 5.82. The summed E-state index contributed by atoms with van der Waals surface area (Å²) >= 11 is 0. The zero-order valence-electron chi connectivity index (χ0n) is 10.4. The maximum atomic E-state index is 5.78. The lowest BCUT2D eigenvalue weighted by atomic mass is 9.97. The minimum atomic E-state index is 0.624. The molecule has 17 heavy (non-hydrogen) atoms. The van der Waals surface area contributed by atoms with Gasteiger partial charge in [-0.2, -0.15) is 0 Å². The molecule has 1 fully saturated rings. The zero-order chi connectivity index (χ0) is 12.1. The van der Waals surface area contributed by atoms with Gasteiger partial charge in [0, 0.05) is 6.54 Å². The molecule has 3 N–H and O–H groups in total. The summed E-state index contributed by atoms with van der Waals surface area (Å²) in [5.41, 5.74) is 6.41. The predicted molar refractivity (Wildman–Crippen MR) is 69.8 cm³/mol. The van der Waals surface area contributed by atoms with Crippen LogP contribution in [0.3, 0.4) is 0 Å². The second-order valence-corrected chi connectivity index (χ2v) is 4.59. The molecule has 0 bridgehead atoms. The van der Waals surface area contributed by atoms with Crippen molar-refractivity contribution in [1.29, 1.82) is 0 Å². The Bertz CT molecular complexity index is 347. The van der Waals surface area contributed by atoms with E-state index in [2.05, 4.69) is 27.1 Å². The minimum Gasteiger partial charge on any atom is -0.394 e. The fourth-order valence-electron chi connectivity index (χ4n) is 2.24. The van der Waals surface area contributed by atoms with Crippen LogP contribution in [-0.4, -0.2) is 41.0 Å². The Morgan fingerprint density at radius 2 is 2.24 bits per heavy atom.